The number of halogens is 1. The number of pyridine rings is 2. The van der Waals surface area contributed by atoms with Gasteiger partial charge in [0, 0.05) is 62.8 Å². The molecule has 0 spiro atoms. The van der Waals surface area contributed by atoms with Crippen LogP contribution in [0.1, 0.15) is 53.5 Å². The number of carbonyl (C=O) groups excluding carboxylic acids is 1. The Morgan fingerprint density at radius 1 is 1.00 bits per heavy atom. The lowest BCUT2D eigenvalue weighted by Crippen LogP contribution is -2.50. The Morgan fingerprint density at radius 3 is 2.62 bits per heavy atom. The molecule has 47 heavy (non-hydrogen) atoms. The van der Waals surface area contributed by atoms with Gasteiger partial charge in [0.15, 0.2) is 0 Å². The lowest BCUT2D eigenvalue weighted by molar-refractivity contribution is 0.0979. The SMILES string of the molecule is Cc1c(-c2cc(Nc3ccc(N4CCN(C)C[C@H]4C)cn3)c(=O)n(C)c2)cc(F)cc1N1C(=O)c2cc3c(n2CC2CC21)CCCC3. The minimum absolute atomic E-state index is 0.0487. The van der Waals surface area contributed by atoms with Crippen molar-refractivity contribution >= 4 is 28.8 Å². The zero-order valence-corrected chi connectivity index (χ0v) is 27.6. The number of aromatic nitrogens is 3. The number of hydrogen-bond acceptors (Lipinski definition) is 6. The molecule has 244 valence electrons. The van der Waals surface area contributed by atoms with Gasteiger partial charge >= 0.3 is 0 Å². The first kappa shape index (κ1) is 29.9. The Kier molecular flexibility index (Phi) is 7.24. The number of likely N-dealkylation sites (N-methyl/N-ethyl adjacent to an activating group) is 1. The number of piperazine rings is 1. The molecule has 1 aromatic carbocycles. The number of amides is 1. The van der Waals surface area contributed by atoms with Gasteiger partial charge in [0.05, 0.1) is 17.6 Å². The molecule has 1 amide bonds. The molecule has 3 aromatic heterocycles. The van der Waals surface area contributed by atoms with Crippen LogP contribution in [0.2, 0.25) is 0 Å². The molecule has 0 radical (unpaired) electrons. The summed E-state index contributed by atoms with van der Waals surface area (Å²) in [4.78, 5) is 38.7. The molecule has 8 rings (SSSR count). The smallest absolute Gasteiger partial charge is 0.275 e. The summed E-state index contributed by atoms with van der Waals surface area (Å²) in [6, 6.07) is 11.2. The topological polar surface area (TPSA) is 78.6 Å². The van der Waals surface area contributed by atoms with Crippen LogP contribution < -0.4 is 20.7 Å². The highest BCUT2D eigenvalue weighted by Gasteiger charge is 2.49. The Labute approximate surface area is 274 Å². The second-order valence-corrected chi connectivity index (χ2v) is 14.0. The van der Waals surface area contributed by atoms with E-state index in [0.29, 0.717) is 40.3 Å². The van der Waals surface area contributed by atoms with Gasteiger partial charge in [-0.15, -0.1) is 0 Å². The van der Waals surface area contributed by atoms with Crippen molar-refractivity contribution in [2.24, 2.45) is 13.0 Å². The second kappa shape index (κ2) is 11.4. The van der Waals surface area contributed by atoms with Crippen LogP contribution in [0.15, 0.2) is 53.6 Å². The molecule has 3 atom stereocenters. The molecule has 0 bridgehead atoms. The van der Waals surface area contributed by atoms with Crippen molar-refractivity contribution < 1.29 is 9.18 Å². The number of fused-ring (bicyclic) bond motifs is 4. The fraction of sp³-hybridized carbons (Fsp3) is 0.432. The fourth-order valence-electron chi connectivity index (χ4n) is 8.15. The number of nitrogens with one attached hydrogen (secondary N) is 1. The third-order valence-corrected chi connectivity index (χ3v) is 10.8. The van der Waals surface area contributed by atoms with Crippen molar-refractivity contribution in [3.63, 3.8) is 0 Å². The van der Waals surface area contributed by atoms with E-state index in [1.807, 2.05) is 30.2 Å². The molecule has 2 aliphatic heterocycles. The lowest BCUT2D eigenvalue weighted by Gasteiger charge is -2.39. The van der Waals surface area contributed by atoms with Crippen LogP contribution >= 0.6 is 0 Å². The molecule has 4 aromatic rings. The minimum atomic E-state index is -0.414. The van der Waals surface area contributed by atoms with E-state index in [1.165, 1.54) is 28.0 Å². The van der Waals surface area contributed by atoms with Crippen LogP contribution in [0.5, 0.6) is 0 Å². The highest BCUT2D eigenvalue weighted by atomic mass is 19.1. The van der Waals surface area contributed by atoms with Crippen molar-refractivity contribution in [2.45, 2.75) is 64.6 Å². The molecule has 9 nitrogen and oxygen atoms in total. The van der Waals surface area contributed by atoms with Crippen LogP contribution in [0, 0.1) is 18.7 Å². The summed E-state index contributed by atoms with van der Waals surface area (Å²) in [5, 5.41) is 3.22. The van der Waals surface area contributed by atoms with Crippen LogP contribution in [-0.2, 0) is 26.4 Å². The van der Waals surface area contributed by atoms with Gasteiger partial charge in [0.2, 0.25) is 0 Å². The van der Waals surface area contributed by atoms with Gasteiger partial charge < -0.3 is 29.2 Å². The summed E-state index contributed by atoms with van der Waals surface area (Å²) >= 11 is 0. The maximum Gasteiger partial charge on any atom is 0.275 e. The summed E-state index contributed by atoms with van der Waals surface area (Å²) in [5.74, 6) is 0.453. The normalized spacial score (nSPS) is 22.4. The molecule has 1 N–H and O–H groups in total. The summed E-state index contributed by atoms with van der Waals surface area (Å²) in [7, 11) is 3.83. The maximum absolute atomic E-state index is 15.5. The average molecular weight is 636 g/mol. The number of nitrogens with zero attached hydrogens (tertiary/aromatic N) is 6. The quantitative estimate of drug-likeness (QED) is 0.312. The van der Waals surface area contributed by atoms with Gasteiger partial charge in [-0.25, -0.2) is 9.37 Å². The van der Waals surface area contributed by atoms with Gasteiger partial charge in [-0.2, -0.15) is 0 Å². The standard InChI is InChI=1S/C37H42FN7O2/c1-22-19-41(3)11-12-43(22)28-9-10-35(39-18-28)40-30-13-25(20-42(4)36(30)46)29-16-27(38)17-32(23(29)2)45-33-15-26(33)21-44-31-8-6-5-7-24(31)14-34(44)37(45)47/h9-10,13-14,16-18,20,22,26,33H,5-8,11-12,15,19,21H2,1-4H3,(H,39,40)/t22-,26?,33?/m1/s1. The van der Waals surface area contributed by atoms with Crippen LogP contribution in [0.3, 0.4) is 0 Å². The molecule has 10 heteroatoms. The van der Waals surface area contributed by atoms with E-state index in [0.717, 1.165) is 75.2 Å². The van der Waals surface area contributed by atoms with E-state index >= 15 is 4.39 Å². The van der Waals surface area contributed by atoms with E-state index in [4.69, 9.17) is 0 Å². The minimum Gasteiger partial charge on any atom is -0.365 e. The predicted octanol–water partition coefficient (Wildman–Crippen LogP) is 5.51. The van der Waals surface area contributed by atoms with E-state index in [-0.39, 0.29) is 17.5 Å². The molecule has 2 unspecified atom stereocenters. The van der Waals surface area contributed by atoms with E-state index in [1.54, 1.807) is 19.3 Å². The highest BCUT2D eigenvalue weighted by Crippen LogP contribution is 2.46. The molecular weight excluding hydrogens is 593 g/mol. The third kappa shape index (κ3) is 5.23. The first-order chi connectivity index (χ1) is 22.7. The maximum atomic E-state index is 15.5. The van der Waals surface area contributed by atoms with Gasteiger partial charge in [0.25, 0.3) is 11.5 Å². The third-order valence-electron chi connectivity index (χ3n) is 10.8. The Balaban J connectivity index is 1.12. The largest absolute Gasteiger partial charge is 0.365 e. The summed E-state index contributed by atoms with van der Waals surface area (Å²) < 4.78 is 19.3. The van der Waals surface area contributed by atoms with E-state index < -0.39 is 5.82 Å². The van der Waals surface area contributed by atoms with Crippen molar-refractivity contribution in [3.8, 4) is 11.1 Å². The van der Waals surface area contributed by atoms with E-state index in [2.05, 4.69) is 44.7 Å². The molecule has 1 saturated heterocycles. The second-order valence-electron chi connectivity index (χ2n) is 14.0. The number of aryl methyl sites for hydroxylation is 2. The number of rotatable bonds is 5. The number of carbonyl (C=O) groups is 1. The van der Waals surface area contributed by atoms with E-state index in [9.17, 15) is 9.59 Å². The molecule has 2 fully saturated rings. The summed E-state index contributed by atoms with van der Waals surface area (Å²) in [6.07, 6.45) is 8.82. The number of anilines is 4. The predicted molar refractivity (Wildman–Crippen MR) is 183 cm³/mol. The zero-order chi connectivity index (χ0) is 32.6. The van der Waals surface area contributed by atoms with Crippen molar-refractivity contribution in [3.05, 3.63) is 87.5 Å². The van der Waals surface area contributed by atoms with Gasteiger partial charge in [-0.05, 0) is 112 Å². The molecular formula is C37H42FN7O2. The van der Waals surface area contributed by atoms with Crippen LogP contribution in [0.4, 0.5) is 27.3 Å². The van der Waals surface area contributed by atoms with Crippen molar-refractivity contribution in [1.29, 1.82) is 0 Å². The summed E-state index contributed by atoms with van der Waals surface area (Å²) in [5.41, 5.74) is 7.25. The fourth-order valence-corrected chi connectivity index (χ4v) is 8.15. The first-order valence-corrected chi connectivity index (χ1v) is 16.9. The number of benzene rings is 1. The summed E-state index contributed by atoms with van der Waals surface area (Å²) in [6.45, 7) is 7.93. The number of hydrogen-bond donors (Lipinski definition) is 1. The average Bonchev–Trinajstić information content (AvgIpc) is 3.73. The van der Waals surface area contributed by atoms with Gasteiger partial charge in [-0.1, -0.05) is 0 Å². The molecule has 5 heterocycles. The Bertz CT molecular complexity index is 1950. The highest BCUT2D eigenvalue weighted by molar-refractivity contribution is 6.07. The Hall–Kier alpha value is -4.44. The molecule has 1 saturated carbocycles. The van der Waals surface area contributed by atoms with Crippen LogP contribution in [-0.4, -0.2) is 63.7 Å². The van der Waals surface area contributed by atoms with Crippen molar-refractivity contribution in [1.82, 2.24) is 19.0 Å². The first-order valence-electron chi connectivity index (χ1n) is 16.9. The monoisotopic (exact) mass is 635 g/mol. The van der Waals surface area contributed by atoms with Crippen molar-refractivity contribution in [2.75, 3.05) is 41.8 Å². The molecule has 4 aliphatic rings. The Morgan fingerprint density at radius 2 is 1.83 bits per heavy atom. The van der Waals surface area contributed by atoms with Gasteiger partial charge in [-0.3, -0.25) is 9.59 Å². The van der Waals surface area contributed by atoms with Gasteiger partial charge in [0.1, 0.15) is 23.0 Å². The lowest BCUT2D eigenvalue weighted by atomic mass is 9.97. The zero-order valence-electron chi connectivity index (χ0n) is 27.6. The molecule has 2 aliphatic carbocycles. The van der Waals surface area contributed by atoms with Crippen LogP contribution in [0.25, 0.3) is 11.1 Å².